The van der Waals surface area contributed by atoms with Gasteiger partial charge in [0.05, 0.1) is 5.92 Å². The average molecular weight is 310 g/mol. The molecule has 4 rings (SSSR count). The summed E-state index contributed by atoms with van der Waals surface area (Å²) in [5, 5.41) is 0. The highest BCUT2D eigenvalue weighted by molar-refractivity contribution is 5.77. The number of benzene rings is 1. The monoisotopic (exact) mass is 310 g/mol. The number of likely N-dealkylation sites (tertiary alicyclic amines) is 1. The van der Waals surface area contributed by atoms with E-state index in [1.54, 1.807) is 0 Å². The Hall–Kier alpha value is -2.10. The van der Waals surface area contributed by atoms with Crippen LogP contribution in [-0.2, 0) is 4.79 Å². The van der Waals surface area contributed by atoms with Gasteiger partial charge in [-0.2, -0.15) is 0 Å². The maximum absolute atomic E-state index is 12.5. The summed E-state index contributed by atoms with van der Waals surface area (Å²) in [6, 6.07) is 7.86. The molecule has 2 aromatic rings. The lowest BCUT2D eigenvalue weighted by atomic mass is 9.96. The molecule has 1 fully saturated rings. The minimum atomic E-state index is 0.222. The van der Waals surface area contributed by atoms with Crippen LogP contribution in [-0.4, -0.2) is 28.9 Å². The average Bonchev–Trinajstić information content (AvgIpc) is 3.24. The third-order valence-corrected chi connectivity index (χ3v) is 4.98. The van der Waals surface area contributed by atoms with Crippen molar-refractivity contribution in [3.05, 3.63) is 42.3 Å². The molecule has 0 bridgehead atoms. The fourth-order valence-corrected chi connectivity index (χ4v) is 3.69. The van der Waals surface area contributed by atoms with E-state index in [1.165, 1.54) is 0 Å². The van der Waals surface area contributed by atoms with Crippen molar-refractivity contribution in [2.75, 3.05) is 13.1 Å². The highest BCUT2D eigenvalue weighted by Crippen LogP contribution is 2.30. The molecule has 1 aliphatic heterocycles. The Bertz CT molecular complexity index is 701. The topological polar surface area (TPSA) is 46.3 Å². The number of aromatic nitrogens is 1. The second kappa shape index (κ2) is 6.19. The Labute approximate surface area is 136 Å². The zero-order valence-corrected chi connectivity index (χ0v) is 13.3. The zero-order chi connectivity index (χ0) is 15.6. The van der Waals surface area contributed by atoms with Crippen molar-refractivity contribution in [1.29, 1.82) is 0 Å². The number of allylic oxidation sites excluding steroid dienone is 2. The van der Waals surface area contributed by atoms with E-state index in [2.05, 4.69) is 17.1 Å². The highest BCUT2D eigenvalue weighted by atomic mass is 16.3. The molecule has 120 valence electrons. The molecule has 0 spiro atoms. The zero-order valence-electron chi connectivity index (χ0n) is 13.3. The van der Waals surface area contributed by atoms with Crippen molar-refractivity contribution in [1.82, 2.24) is 9.88 Å². The van der Waals surface area contributed by atoms with Crippen LogP contribution in [0.1, 0.15) is 43.9 Å². The molecule has 4 heteroatoms. The van der Waals surface area contributed by atoms with Gasteiger partial charge in [0.1, 0.15) is 5.52 Å². The number of carbonyl (C=O) groups excluding carboxylic acids is 1. The third-order valence-electron chi connectivity index (χ3n) is 4.98. The van der Waals surface area contributed by atoms with E-state index in [0.717, 1.165) is 55.8 Å². The van der Waals surface area contributed by atoms with Crippen LogP contribution in [0.3, 0.4) is 0 Å². The van der Waals surface area contributed by atoms with E-state index in [-0.39, 0.29) is 11.8 Å². The van der Waals surface area contributed by atoms with Crippen molar-refractivity contribution in [3.8, 4) is 0 Å². The Morgan fingerprint density at radius 2 is 2.22 bits per heavy atom. The summed E-state index contributed by atoms with van der Waals surface area (Å²) in [6.07, 6.45) is 9.33. The molecule has 1 saturated heterocycles. The summed E-state index contributed by atoms with van der Waals surface area (Å²) < 4.78 is 5.91. The van der Waals surface area contributed by atoms with E-state index < -0.39 is 0 Å². The van der Waals surface area contributed by atoms with Crippen molar-refractivity contribution in [3.63, 3.8) is 0 Å². The minimum absolute atomic E-state index is 0.222. The van der Waals surface area contributed by atoms with Crippen LogP contribution >= 0.6 is 0 Å². The lowest BCUT2D eigenvalue weighted by Gasteiger charge is -2.32. The molecule has 23 heavy (non-hydrogen) atoms. The molecule has 2 atom stereocenters. The predicted molar refractivity (Wildman–Crippen MR) is 89.0 cm³/mol. The molecule has 1 aromatic heterocycles. The molecule has 0 unspecified atom stereocenters. The molecule has 0 radical (unpaired) electrons. The number of amides is 1. The summed E-state index contributed by atoms with van der Waals surface area (Å²) in [5.41, 5.74) is 1.74. The number of nitrogens with zero attached hydrogens (tertiary/aromatic N) is 2. The maximum atomic E-state index is 12.5. The summed E-state index contributed by atoms with van der Waals surface area (Å²) in [4.78, 5) is 19.2. The molecule has 1 aliphatic carbocycles. The summed E-state index contributed by atoms with van der Waals surface area (Å²) >= 11 is 0. The lowest BCUT2D eigenvalue weighted by Crippen LogP contribution is -2.39. The molecule has 2 heterocycles. The lowest BCUT2D eigenvalue weighted by molar-refractivity contribution is -0.133. The van der Waals surface area contributed by atoms with E-state index in [1.807, 2.05) is 29.2 Å². The van der Waals surface area contributed by atoms with Gasteiger partial charge < -0.3 is 9.32 Å². The van der Waals surface area contributed by atoms with Crippen LogP contribution < -0.4 is 0 Å². The smallest absolute Gasteiger partial charge is 0.223 e. The van der Waals surface area contributed by atoms with E-state index in [0.29, 0.717) is 12.3 Å². The number of hydrogen-bond acceptors (Lipinski definition) is 3. The molecule has 1 amide bonds. The van der Waals surface area contributed by atoms with Crippen molar-refractivity contribution in [2.24, 2.45) is 5.92 Å². The number of hydrogen-bond donors (Lipinski definition) is 0. The van der Waals surface area contributed by atoms with Gasteiger partial charge in [-0.15, -0.1) is 0 Å². The molecule has 0 N–H and O–H groups in total. The van der Waals surface area contributed by atoms with Gasteiger partial charge >= 0.3 is 0 Å². The van der Waals surface area contributed by atoms with Gasteiger partial charge in [0.15, 0.2) is 11.5 Å². The van der Waals surface area contributed by atoms with Gasteiger partial charge in [-0.1, -0.05) is 24.3 Å². The first-order valence-corrected chi connectivity index (χ1v) is 8.59. The second-order valence-electron chi connectivity index (χ2n) is 6.67. The van der Waals surface area contributed by atoms with E-state index in [9.17, 15) is 4.79 Å². The molecule has 1 aromatic carbocycles. The van der Waals surface area contributed by atoms with Gasteiger partial charge in [0, 0.05) is 19.5 Å². The number of para-hydroxylation sites is 2. The Balaban J connectivity index is 1.45. The largest absolute Gasteiger partial charge is 0.440 e. The number of piperidine rings is 1. The van der Waals surface area contributed by atoms with Crippen LogP contribution in [0, 0.1) is 5.92 Å². The molecular weight excluding hydrogens is 288 g/mol. The van der Waals surface area contributed by atoms with Crippen molar-refractivity contribution in [2.45, 2.75) is 38.0 Å². The van der Waals surface area contributed by atoms with Gasteiger partial charge in [-0.25, -0.2) is 4.98 Å². The number of rotatable bonds is 3. The molecule has 0 saturated carbocycles. The summed E-state index contributed by atoms with van der Waals surface area (Å²) in [6.45, 7) is 1.61. The van der Waals surface area contributed by atoms with Gasteiger partial charge in [0.25, 0.3) is 0 Å². The summed E-state index contributed by atoms with van der Waals surface area (Å²) in [5.74, 6) is 1.72. The minimum Gasteiger partial charge on any atom is -0.440 e. The number of oxazole rings is 1. The SMILES string of the molecule is O=C(C[C@H]1C=CCC1)N1CCC[C@@H](c2nc3ccccc3o2)C1. The fraction of sp³-hybridized carbons (Fsp3) is 0.474. The standard InChI is InChI=1S/C19H22N2O2/c22-18(12-14-6-1-2-7-14)21-11-5-8-15(13-21)19-20-16-9-3-4-10-17(16)23-19/h1,3-4,6,9-10,14-15H,2,5,7-8,11-13H2/t14-,15+/m0/s1. The summed E-state index contributed by atoms with van der Waals surface area (Å²) in [7, 11) is 0. The van der Waals surface area contributed by atoms with Crippen LogP contribution in [0.15, 0.2) is 40.8 Å². The Morgan fingerprint density at radius 3 is 3.04 bits per heavy atom. The van der Waals surface area contributed by atoms with Crippen LogP contribution in [0.2, 0.25) is 0 Å². The van der Waals surface area contributed by atoms with Crippen molar-refractivity contribution < 1.29 is 9.21 Å². The first kappa shape index (κ1) is 14.5. The van der Waals surface area contributed by atoms with Gasteiger partial charge in [-0.05, 0) is 43.7 Å². The molecule has 4 nitrogen and oxygen atoms in total. The van der Waals surface area contributed by atoms with E-state index in [4.69, 9.17) is 4.42 Å². The maximum Gasteiger partial charge on any atom is 0.223 e. The van der Waals surface area contributed by atoms with Crippen LogP contribution in [0.25, 0.3) is 11.1 Å². The fourth-order valence-electron chi connectivity index (χ4n) is 3.69. The predicted octanol–water partition coefficient (Wildman–Crippen LogP) is 3.89. The van der Waals surface area contributed by atoms with E-state index >= 15 is 0 Å². The number of carbonyl (C=O) groups is 1. The van der Waals surface area contributed by atoms with Crippen LogP contribution in [0.5, 0.6) is 0 Å². The Morgan fingerprint density at radius 1 is 1.30 bits per heavy atom. The normalized spacial score (nSPS) is 24.4. The first-order chi connectivity index (χ1) is 11.3. The molecular formula is C19H22N2O2. The third kappa shape index (κ3) is 3.03. The van der Waals surface area contributed by atoms with Gasteiger partial charge in [-0.3, -0.25) is 4.79 Å². The van der Waals surface area contributed by atoms with Crippen LogP contribution in [0.4, 0.5) is 0 Å². The second-order valence-corrected chi connectivity index (χ2v) is 6.67. The molecule has 2 aliphatic rings. The van der Waals surface area contributed by atoms with Crippen molar-refractivity contribution >= 4 is 17.0 Å². The Kier molecular flexibility index (Phi) is 3.90. The first-order valence-electron chi connectivity index (χ1n) is 8.59. The highest BCUT2D eigenvalue weighted by Gasteiger charge is 2.29. The number of fused-ring (bicyclic) bond motifs is 1. The quantitative estimate of drug-likeness (QED) is 0.808. The van der Waals surface area contributed by atoms with Gasteiger partial charge in [0.2, 0.25) is 5.91 Å².